The van der Waals surface area contributed by atoms with Gasteiger partial charge in [0.2, 0.25) is 11.7 Å². The Kier molecular flexibility index (Phi) is 6.01. The van der Waals surface area contributed by atoms with Gasteiger partial charge in [-0.25, -0.2) is 0 Å². The molecular weight excluding hydrogens is 370 g/mol. The number of hydrogen-bond acceptors (Lipinski definition) is 5. The Hall–Kier alpha value is -3.15. The highest BCUT2D eigenvalue weighted by Gasteiger charge is 2.34. The van der Waals surface area contributed by atoms with E-state index in [-0.39, 0.29) is 17.6 Å². The van der Waals surface area contributed by atoms with E-state index >= 15 is 0 Å². The van der Waals surface area contributed by atoms with Crippen molar-refractivity contribution < 1.29 is 23.7 Å². The summed E-state index contributed by atoms with van der Waals surface area (Å²) in [4.78, 5) is 12.6. The number of hydrogen-bond donors (Lipinski definition) is 1. The number of methoxy groups -OCH3 is 3. The molecule has 1 amide bonds. The molecule has 1 N–H and O–H groups in total. The topological polar surface area (TPSA) is 66.0 Å². The van der Waals surface area contributed by atoms with Crippen molar-refractivity contribution in [3.8, 4) is 23.0 Å². The highest BCUT2D eigenvalue weighted by atomic mass is 16.5. The van der Waals surface area contributed by atoms with Crippen LogP contribution < -0.4 is 24.3 Å². The maximum Gasteiger partial charge on any atom is 0.244 e. The van der Waals surface area contributed by atoms with Crippen molar-refractivity contribution in [2.45, 2.75) is 31.9 Å². The van der Waals surface area contributed by atoms with Crippen molar-refractivity contribution in [3.05, 3.63) is 53.6 Å². The lowest BCUT2D eigenvalue weighted by Crippen LogP contribution is -2.40. The van der Waals surface area contributed by atoms with E-state index in [1.165, 1.54) is 6.08 Å². The molecule has 2 aromatic rings. The minimum Gasteiger partial charge on any atom is -0.493 e. The van der Waals surface area contributed by atoms with Gasteiger partial charge in [0, 0.05) is 23.6 Å². The van der Waals surface area contributed by atoms with Crippen LogP contribution in [0.15, 0.2) is 42.5 Å². The fraction of sp³-hybridized carbons (Fsp3) is 0.348. The molecule has 0 spiro atoms. The molecular formula is C23H27NO5. The van der Waals surface area contributed by atoms with Gasteiger partial charge in [-0.1, -0.05) is 18.2 Å². The van der Waals surface area contributed by atoms with Crippen LogP contribution >= 0.6 is 0 Å². The first kappa shape index (κ1) is 20.6. The van der Waals surface area contributed by atoms with E-state index in [0.717, 1.165) is 11.3 Å². The normalized spacial score (nSPS) is 17.2. The summed E-state index contributed by atoms with van der Waals surface area (Å²) in [7, 11) is 4.66. The van der Waals surface area contributed by atoms with Gasteiger partial charge in [0.05, 0.1) is 27.4 Å². The molecule has 2 aromatic carbocycles. The van der Waals surface area contributed by atoms with Gasteiger partial charge in [-0.2, -0.15) is 0 Å². The molecule has 6 nitrogen and oxygen atoms in total. The zero-order valence-corrected chi connectivity index (χ0v) is 17.4. The predicted molar refractivity (Wildman–Crippen MR) is 112 cm³/mol. The number of para-hydroxylation sites is 1. The summed E-state index contributed by atoms with van der Waals surface area (Å²) in [5.74, 6) is 2.16. The number of rotatable bonds is 6. The van der Waals surface area contributed by atoms with Crippen LogP contribution in [-0.4, -0.2) is 32.8 Å². The third-order valence-corrected chi connectivity index (χ3v) is 4.84. The molecule has 0 saturated heterocycles. The molecule has 1 aliphatic heterocycles. The number of fused-ring (bicyclic) bond motifs is 1. The number of carbonyl (C=O) groups is 1. The Morgan fingerprint density at radius 1 is 1.07 bits per heavy atom. The van der Waals surface area contributed by atoms with Gasteiger partial charge in [-0.05, 0) is 38.1 Å². The lowest BCUT2D eigenvalue weighted by atomic mass is 9.89. The van der Waals surface area contributed by atoms with Crippen LogP contribution in [0.5, 0.6) is 23.0 Å². The molecule has 1 aliphatic rings. The minimum atomic E-state index is -0.359. The summed E-state index contributed by atoms with van der Waals surface area (Å²) in [6.45, 7) is 4.04. The van der Waals surface area contributed by atoms with Crippen LogP contribution in [0.1, 0.15) is 37.4 Å². The van der Waals surface area contributed by atoms with Gasteiger partial charge in [0.1, 0.15) is 11.4 Å². The Balaban J connectivity index is 1.80. The highest BCUT2D eigenvalue weighted by molar-refractivity contribution is 5.92. The highest BCUT2D eigenvalue weighted by Crippen LogP contribution is 2.41. The second kappa shape index (κ2) is 8.47. The predicted octanol–water partition coefficient (Wildman–Crippen LogP) is 4.14. The molecule has 154 valence electrons. The lowest BCUT2D eigenvalue weighted by Gasteiger charge is -2.37. The Morgan fingerprint density at radius 2 is 1.79 bits per heavy atom. The van der Waals surface area contributed by atoms with E-state index < -0.39 is 0 Å². The van der Waals surface area contributed by atoms with Gasteiger partial charge in [-0.15, -0.1) is 0 Å². The third-order valence-electron chi connectivity index (χ3n) is 4.84. The van der Waals surface area contributed by atoms with Crippen molar-refractivity contribution in [2.75, 3.05) is 21.3 Å². The second-order valence-corrected chi connectivity index (χ2v) is 7.42. The molecule has 3 rings (SSSR count). The monoisotopic (exact) mass is 397 g/mol. The van der Waals surface area contributed by atoms with Crippen molar-refractivity contribution in [3.63, 3.8) is 0 Å². The summed E-state index contributed by atoms with van der Waals surface area (Å²) in [6.07, 6.45) is 3.88. The number of amides is 1. The van der Waals surface area contributed by atoms with Crippen LogP contribution in [0.4, 0.5) is 0 Å². The molecule has 0 saturated carbocycles. The molecule has 1 heterocycles. The van der Waals surface area contributed by atoms with Crippen molar-refractivity contribution in [1.82, 2.24) is 5.32 Å². The first-order chi connectivity index (χ1) is 13.9. The van der Waals surface area contributed by atoms with Crippen LogP contribution in [-0.2, 0) is 4.79 Å². The van der Waals surface area contributed by atoms with Gasteiger partial charge >= 0.3 is 0 Å². The quantitative estimate of drug-likeness (QED) is 0.742. The molecule has 0 bridgehead atoms. The van der Waals surface area contributed by atoms with E-state index in [2.05, 4.69) is 5.32 Å². The molecule has 6 heteroatoms. The molecule has 0 radical (unpaired) electrons. The van der Waals surface area contributed by atoms with E-state index in [1.807, 2.05) is 44.2 Å². The maximum atomic E-state index is 12.6. The van der Waals surface area contributed by atoms with E-state index in [9.17, 15) is 4.79 Å². The zero-order chi connectivity index (χ0) is 21.0. The van der Waals surface area contributed by atoms with Crippen LogP contribution in [0.25, 0.3) is 6.08 Å². The first-order valence-electron chi connectivity index (χ1n) is 9.44. The minimum absolute atomic E-state index is 0.126. The molecule has 0 aliphatic carbocycles. The molecule has 29 heavy (non-hydrogen) atoms. The molecule has 0 fully saturated rings. The van der Waals surface area contributed by atoms with Crippen LogP contribution in [0.3, 0.4) is 0 Å². The number of nitrogens with one attached hydrogen (secondary N) is 1. The van der Waals surface area contributed by atoms with Gasteiger partial charge in [0.25, 0.3) is 0 Å². The average molecular weight is 397 g/mol. The smallest absolute Gasteiger partial charge is 0.244 e. The van der Waals surface area contributed by atoms with Crippen LogP contribution in [0.2, 0.25) is 0 Å². The third kappa shape index (κ3) is 4.47. The Morgan fingerprint density at radius 3 is 2.48 bits per heavy atom. The number of carbonyl (C=O) groups excluding carboxylic acids is 1. The van der Waals surface area contributed by atoms with Crippen molar-refractivity contribution in [1.29, 1.82) is 0 Å². The largest absolute Gasteiger partial charge is 0.493 e. The van der Waals surface area contributed by atoms with Gasteiger partial charge in [-0.3, -0.25) is 4.79 Å². The van der Waals surface area contributed by atoms with Crippen molar-refractivity contribution >= 4 is 12.0 Å². The van der Waals surface area contributed by atoms with E-state index in [0.29, 0.717) is 29.2 Å². The summed E-state index contributed by atoms with van der Waals surface area (Å²) in [5.41, 5.74) is 1.34. The summed E-state index contributed by atoms with van der Waals surface area (Å²) < 4.78 is 22.2. The summed E-state index contributed by atoms with van der Waals surface area (Å²) >= 11 is 0. The average Bonchev–Trinajstić information content (AvgIpc) is 2.70. The van der Waals surface area contributed by atoms with E-state index in [4.69, 9.17) is 18.9 Å². The molecule has 0 aromatic heterocycles. The zero-order valence-electron chi connectivity index (χ0n) is 17.4. The van der Waals surface area contributed by atoms with Gasteiger partial charge < -0.3 is 24.3 Å². The fourth-order valence-corrected chi connectivity index (χ4v) is 3.57. The lowest BCUT2D eigenvalue weighted by molar-refractivity contribution is -0.117. The summed E-state index contributed by atoms with van der Waals surface area (Å²) in [5, 5.41) is 3.09. The Labute approximate surface area is 171 Å². The van der Waals surface area contributed by atoms with Gasteiger partial charge in [0.15, 0.2) is 11.5 Å². The standard InChI is InChI=1S/C23H27NO5/c1-23(2)14-17(16-8-6-7-9-18(16)29-23)24-20(25)13-11-15-10-12-19(26-3)22(28-5)21(15)27-4/h6-13,17H,14H2,1-5H3,(H,24,25)/b13-11+/t17-/m1/s1. The maximum absolute atomic E-state index is 12.6. The second-order valence-electron chi connectivity index (χ2n) is 7.42. The van der Waals surface area contributed by atoms with Crippen molar-refractivity contribution in [2.24, 2.45) is 0 Å². The fourth-order valence-electron chi connectivity index (χ4n) is 3.57. The van der Waals surface area contributed by atoms with E-state index in [1.54, 1.807) is 33.5 Å². The summed E-state index contributed by atoms with van der Waals surface area (Å²) in [6, 6.07) is 11.3. The number of benzene rings is 2. The first-order valence-corrected chi connectivity index (χ1v) is 9.44. The molecule has 0 unspecified atom stereocenters. The SMILES string of the molecule is COc1ccc(/C=C/C(=O)N[C@@H]2CC(C)(C)Oc3ccccc32)c(OC)c1OC. The number of ether oxygens (including phenoxy) is 4. The molecule has 1 atom stereocenters. The Bertz CT molecular complexity index is 919. The van der Waals surface area contributed by atoms with Crippen LogP contribution in [0, 0.1) is 0 Å².